The summed E-state index contributed by atoms with van der Waals surface area (Å²) in [7, 11) is 0. The summed E-state index contributed by atoms with van der Waals surface area (Å²) >= 11 is 0. The molecule has 0 N–H and O–H groups in total. The van der Waals surface area contributed by atoms with E-state index in [1.165, 1.54) is 32.1 Å². The van der Waals surface area contributed by atoms with Crippen LogP contribution in [0.2, 0.25) is 0 Å². The summed E-state index contributed by atoms with van der Waals surface area (Å²) in [6.07, 6.45) is 9.60. The van der Waals surface area contributed by atoms with Gasteiger partial charge in [-0.1, -0.05) is 26.7 Å². The maximum Gasteiger partial charge on any atom is 0.245 e. The highest BCUT2D eigenvalue weighted by atomic mass is 16.5. The lowest BCUT2D eigenvalue weighted by Crippen LogP contribution is -2.40. The first kappa shape index (κ1) is 15.7. The van der Waals surface area contributed by atoms with Crippen LogP contribution < -0.4 is 4.90 Å². The molecule has 122 valence electrons. The summed E-state index contributed by atoms with van der Waals surface area (Å²) < 4.78 is 5.85. The third kappa shape index (κ3) is 3.40. The van der Waals surface area contributed by atoms with Gasteiger partial charge >= 0.3 is 0 Å². The van der Waals surface area contributed by atoms with E-state index in [0.29, 0.717) is 12.1 Å². The van der Waals surface area contributed by atoms with Crippen LogP contribution in [0.1, 0.15) is 63.8 Å². The Labute approximate surface area is 133 Å². The second kappa shape index (κ2) is 7.36. The molecular weight excluding hydrogens is 276 g/mol. The Hall–Kier alpha value is -1.23. The van der Waals surface area contributed by atoms with Gasteiger partial charge in [-0.2, -0.15) is 5.10 Å². The van der Waals surface area contributed by atoms with Crippen LogP contribution in [0.4, 0.5) is 5.95 Å². The van der Waals surface area contributed by atoms with Crippen molar-refractivity contribution in [1.82, 2.24) is 15.2 Å². The Balaban J connectivity index is 1.83. The van der Waals surface area contributed by atoms with Crippen LogP contribution in [0.15, 0.2) is 0 Å². The second-order valence-electron chi connectivity index (χ2n) is 6.44. The topological polar surface area (TPSA) is 51.1 Å². The van der Waals surface area contributed by atoms with Crippen LogP contribution in [0.3, 0.4) is 0 Å². The molecule has 1 aromatic heterocycles. The standard InChI is InChI=1S/C17H28N4O/c1-3-15-16(4-2)19-20-17(18-15)21(13-8-5-6-9-13)12-14-10-7-11-22-14/h13-14H,3-12H2,1-2H3. The average molecular weight is 304 g/mol. The molecule has 0 aromatic carbocycles. The van der Waals surface area contributed by atoms with Gasteiger partial charge in [0.25, 0.3) is 0 Å². The summed E-state index contributed by atoms with van der Waals surface area (Å²) in [5.74, 6) is 0.816. The molecule has 1 atom stereocenters. The molecular formula is C17H28N4O. The van der Waals surface area contributed by atoms with E-state index in [1.807, 2.05) is 0 Å². The predicted octanol–water partition coefficient (Wildman–Crippen LogP) is 2.92. The molecule has 22 heavy (non-hydrogen) atoms. The molecule has 5 heteroatoms. The highest BCUT2D eigenvalue weighted by Crippen LogP contribution is 2.28. The summed E-state index contributed by atoms with van der Waals surface area (Å²) in [4.78, 5) is 7.23. The Bertz CT molecular complexity index is 482. The van der Waals surface area contributed by atoms with Crippen molar-refractivity contribution in [1.29, 1.82) is 0 Å². The van der Waals surface area contributed by atoms with E-state index in [0.717, 1.165) is 49.8 Å². The minimum absolute atomic E-state index is 0.333. The lowest BCUT2D eigenvalue weighted by Gasteiger charge is -2.31. The van der Waals surface area contributed by atoms with E-state index in [1.54, 1.807) is 0 Å². The largest absolute Gasteiger partial charge is 0.376 e. The lowest BCUT2D eigenvalue weighted by molar-refractivity contribution is 0.113. The first-order chi connectivity index (χ1) is 10.8. The minimum atomic E-state index is 0.333. The van der Waals surface area contributed by atoms with Crippen molar-refractivity contribution in [3.05, 3.63) is 11.4 Å². The average Bonchev–Trinajstić information content (AvgIpc) is 3.25. The van der Waals surface area contributed by atoms with Gasteiger partial charge in [-0.3, -0.25) is 0 Å². The number of hydrogen-bond acceptors (Lipinski definition) is 5. The van der Waals surface area contributed by atoms with Crippen LogP contribution in [0.25, 0.3) is 0 Å². The maximum atomic E-state index is 5.85. The Morgan fingerprint density at radius 3 is 2.41 bits per heavy atom. The summed E-state index contributed by atoms with van der Waals surface area (Å²) in [5.41, 5.74) is 2.14. The lowest BCUT2D eigenvalue weighted by atomic mass is 10.1. The van der Waals surface area contributed by atoms with Crippen LogP contribution in [-0.4, -0.2) is 40.5 Å². The number of nitrogens with zero attached hydrogens (tertiary/aromatic N) is 4. The molecule has 0 bridgehead atoms. The molecule has 1 aliphatic carbocycles. The first-order valence-electron chi connectivity index (χ1n) is 8.92. The first-order valence-corrected chi connectivity index (χ1v) is 8.92. The number of aryl methyl sites for hydroxylation is 2. The van der Waals surface area contributed by atoms with E-state index >= 15 is 0 Å². The van der Waals surface area contributed by atoms with E-state index < -0.39 is 0 Å². The highest BCUT2D eigenvalue weighted by molar-refractivity contribution is 5.33. The van der Waals surface area contributed by atoms with Gasteiger partial charge in [-0.25, -0.2) is 4.98 Å². The zero-order chi connectivity index (χ0) is 15.4. The van der Waals surface area contributed by atoms with Gasteiger partial charge in [-0.05, 0) is 38.5 Å². The minimum Gasteiger partial charge on any atom is -0.376 e. The van der Waals surface area contributed by atoms with Gasteiger partial charge in [0.2, 0.25) is 5.95 Å². The molecule has 2 fully saturated rings. The molecule has 5 nitrogen and oxygen atoms in total. The summed E-state index contributed by atoms with van der Waals surface area (Å²) in [5, 5.41) is 8.89. The second-order valence-corrected chi connectivity index (χ2v) is 6.44. The Kier molecular flexibility index (Phi) is 5.24. The van der Waals surface area contributed by atoms with Crippen molar-refractivity contribution in [2.24, 2.45) is 0 Å². The molecule has 1 aliphatic heterocycles. The number of aromatic nitrogens is 3. The zero-order valence-electron chi connectivity index (χ0n) is 13.9. The van der Waals surface area contributed by atoms with Gasteiger partial charge in [0.15, 0.2) is 0 Å². The zero-order valence-corrected chi connectivity index (χ0v) is 13.9. The van der Waals surface area contributed by atoms with Crippen molar-refractivity contribution in [2.45, 2.75) is 77.4 Å². The van der Waals surface area contributed by atoms with Crippen molar-refractivity contribution in [2.75, 3.05) is 18.1 Å². The Morgan fingerprint density at radius 1 is 1.00 bits per heavy atom. The summed E-state index contributed by atoms with van der Waals surface area (Å²) in [6, 6.07) is 0.559. The van der Waals surface area contributed by atoms with Crippen LogP contribution >= 0.6 is 0 Å². The molecule has 1 aromatic rings. The molecule has 0 amide bonds. The molecule has 2 aliphatic rings. The molecule has 0 spiro atoms. The van der Waals surface area contributed by atoms with E-state index in [-0.39, 0.29) is 0 Å². The maximum absolute atomic E-state index is 5.85. The normalized spacial score (nSPS) is 22.4. The highest BCUT2D eigenvalue weighted by Gasteiger charge is 2.29. The molecule has 3 rings (SSSR count). The molecule has 1 saturated carbocycles. The van der Waals surface area contributed by atoms with Gasteiger partial charge in [0, 0.05) is 19.2 Å². The van der Waals surface area contributed by atoms with Crippen molar-refractivity contribution >= 4 is 5.95 Å². The molecule has 2 heterocycles. The molecule has 0 radical (unpaired) electrons. The van der Waals surface area contributed by atoms with Crippen molar-refractivity contribution in [3.8, 4) is 0 Å². The van der Waals surface area contributed by atoms with Crippen LogP contribution in [0, 0.1) is 0 Å². The third-order valence-corrected chi connectivity index (χ3v) is 4.94. The van der Waals surface area contributed by atoms with Gasteiger partial charge < -0.3 is 9.64 Å². The quantitative estimate of drug-likeness (QED) is 0.809. The van der Waals surface area contributed by atoms with E-state index in [2.05, 4.69) is 28.9 Å². The smallest absolute Gasteiger partial charge is 0.245 e. The Morgan fingerprint density at radius 2 is 1.77 bits per heavy atom. The van der Waals surface area contributed by atoms with Crippen molar-refractivity contribution in [3.63, 3.8) is 0 Å². The third-order valence-electron chi connectivity index (χ3n) is 4.94. The fourth-order valence-corrected chi connectivity index (χ4v) is 3.67. The predicted molar refractivity (Wildman–Crippen MR) is 87.2 cm³/mol. The fraction of sp³-hybridized carbons (Fsp3) is 0.824. The van der Waals surface area contributed by atoms with Crippen LogP contribution in [0.5, 0.6) is 0 Å². The van der Waals surface area contributed by atoms with E-state index in [9.17, 15) is 0 Å². The van der Waals surface area contributed by atoms with E-state index in [4.69, 9.17) is 9.72 Å². The van der Waals surface area contributed by atoms with Gasteiger partial charge in [0.05, 0.1) is 17.5 Å². The SMILES string of the molecule is CCc1nnc(N(CC2CCCO2)C2CCCC2)nc1CC. The van der Waals surface area contributed by atoms with Crippen LogP contribution in [-0.2, 0) is 17.6 Å². The fourth-order valence-electron chi connectivity index (χ4n) is 3.67. The number of rotatable bonds is 6. The van der Waals surface area contributed by atoms with Gasteiger partial charge in [-0.15, -0.1) is 5.10 Å². The summed E-state index contributed by atoms with van der Waals surface area (Å²) in [6.45, 7) is 6.08. The monoisotopic (exact) mass is 304 g/mol. The molecule has 1 unspecified atom stereocenters. The van der Waals surface area contributed by atoms with Crippen molar-refractivity contribution < 1.29 is 4.74 Å². The number of ether oxygens (including phenoxy) is 1. The number of hydrogen-bond donors (Lipinski definition) is 0. The molecule has 1 saturated heterocycles. The number of anilines is 1. The van der Waals surface area contributed by atoms with Gasteiger partial charge in [0.1, 0.15) is 0 Å².